The summed E-state index contributed by atoms with van der Waals surface area (Å²) in [5.74, 6) is 0.801. The molecule has 7 nitrogen and oxygen atoms in total. The lowest BCUT2D eigenvalue weighted by Gasteiger charge is -2.34. The molecule has 1 aliphatic rings. The van der Waals surface area contributed by atoms with Crippen LogP contribution in [0.1, 0.15) is 25.7 Å². The van der Waals surface area contributed by atoms with Crippen molar-refractivity contribution < 1.29 is 5.11 Å². The van der Waals surface area contributed by atoms with Gasteiger partial charge in [0, 0.05) is 19.1 Å². The molecule has 3 heterocycles. The van der Waals surface area contributed by atoms with Gasteiger partial charge in [-0.2, -0.15) is 0 Å². The number of rotatable bonds is 6. The van der Waals surface area contributed by atoms with Gasteiger partial charge in [-0.15, -0.1) is 0 Å². The van der Waals surface area contributed by atoms with Crippen LogP contribution in [-0.2, 0) is 0 Å². The van der Waals surface area contributed by atoms with Crippen LogP contribution >= 0.6 is 0 Å². The van der Waals surface area contributed by atoms with Gasteiger partial charge in [0.25, 0.3) is 0 Å². The Morgan fingerprint density at radius 1 is 1.33 bits per heavy atom. The molecule has 0 bridgehead atoms. The van der Waals surface area contributed by atoms with Crippen molar-refractivity contribution in [1.82, 2.24) is 24.8 Å². The molecule has 3 N–H and O–H groups in total. The lowest BCUT2D eigenvalue weighted by atomic mass is 10.0. The minimum Gasteiger partial charge on any atom is -0.395 e. The number of nitrogens with zero attached hydrogens (tertiary/aromatic N) is 4. The lowest BCUT2D eigenvalue weighted by Crippen LogP contribution is -2.42. The molecule has 1 aliphatic heterocycles. The number of aromatic amines is 1. The molecular formula is C14H22N6O. The Kier molecular flexibility index (Phi) is 4.62. The van der Waals surface area contributed by atoms with Crippen LogP contribution in [-0.4, -0.2) is 62.2 Å². The molecule has 0 radical (unpaired) electrons. The van der Waals surface area contributed by atoms with E-state index in [-0.39, 0.29) is 6.61 Å². The van der Waals surface area contributed by atoms with Crippen molar-refractivity contribution in [1.29, 1.82) is 0 Å². The zero-order chi connectivity index (χ0) is 14.5. The lowest BCUT2D eigenvalue weighted by molar-refractivity contribution is 0.0901. The van der Waals surface area contributed by atoms with Crippen molar-refractivity contribution in [2.24, 2.45) is 0 Å². The van der Waals surface area contributed by atoms with Crippen LogP contribution in [0.3, 0.4) is 0 Å². The van der Waals surface area contributed by atoms with E-state index in [1.807, 2.05) is 0 Å². The topological polar surface area (TPSA) is 90.0 Å². The van der Waals surface area contributed by atoms with Gasteiger partial charge >= 0.3 is 0 Å². The minimum atomic E-state index is 0.272. The predicted molar refractivity (Wildman–Crippen MR) is 81.1 cm³/mol. The number of aliphatic hydroxyl groups is 1. The number of likely N-dealkylation sites (tertiary alicyclic amines) is 1. The summed E-state index contributed by atoms with van der Waals surface area (Å²) in [6, 6.07) is 0.345. The SMILES string of the molecule is OC[C@H]1CCCCN1CCCNc1ncnc2nc[nH]c12. The number of nitrogens with one attached hydrogen (secondary N) is 2. The second-order valence-electron chi connectivity index (χ2n) is 5.47. The Hall–Kier alpha value is -1.73. The molecule has 114 valence electrons. The molecule has 7 heteroatoms. The fraction of sp³-hybridized carbons (Fsp3) is 0.643. The van der Waals surface area contributed by atoms with E-state index in [0.717, 1.165) is 43.8 Å². The van der Waals surface area contributed by atoms with E-state index in [2.05, 4.69) is 30.2 Å². The zero-order valence-corrected chi connectivity index (χ0v) is 12.1. The molecule has 1 saturated heterocycles. The van der Waals surface area contributed by atoms with Crippen molar-refractivity contribution in [3.63, 3.8) is 0 Å². The number of anilines is 1. The van der Waals surface area contributed by atoms with Crippen molar-refractivity contribution in [2.45, 2.75) is 31.7 Å². The number of H-pyrrole nitrogens is 1. The van der Waals surface area contributed by atoms with Crippen LogP contribution in [0.4, 0.5) is 5.82 Å². The standard InChI is InChI=1S/C14H22N6O/c21-8-11-4-1-2-6-20(11)7-3-5-15-13-12-14(17-9-16-12)19-10-18-13/h9-11,21H,1-8H2,(H2,15,16,17,18,19)/t11-/m1/s1. The van der Waals surface area contributed by atoms with Crippen LogP contribution in [0.15, 0.2) is 12.7 Å². The number of aromatic nitrogens is 4. The van der Waals surface area contributed by atoms with Crippen LogP contribution in [0.25, 0.3) is 11.2 Å². The van der Waals surface area contributed by atoms with Gasteiger partial charge in [0.2, 0.25) is 0 Å². The molecule has 0 aromatic carbocycles. The maximum Gasteiger partial charge on any atom is 0.182 e. The second-order valence-corrected chi connectivity index (χ2v) is 5.47. The molecule has 2 aromatic heterocycles. The summed E-state index contributed by atoms with van der Waals surface area (Å²) in [4.78, 5) is 17.9. The smallest absolute Gasteiger partial charge is 0.182 e. The Morgan fingerprint density at radius 3 is 3.19 bits per heavy atom. The zero-order valence-electron chi connectivity index (χ0n) is 12.1. The average Bonchev–Trinajstić information content (AvgIpc) is 3.01. The first-order valence-corrected chi connectivity index (χ1v) is 7.61. The van der Waals surface area contributed by atoms with Gasteiger partial charge in [-0.05, 0) is 25.8 Å². The summed E-state index contributed by atoms with van der Waals surface area (Å²) < 4.78 is 0. The number of fused-ring (bicyclic) bond motifs is 1. The summed E-state index contributed by atoms with van der Waals surface area (Å²) in [6.07, 6.45) is 7.77. The highest BCUT2D eigenvalue weighted by atomic mass is 16.3. The summed E-state index contributed by atoms with van der Waals surface area (Å²) in [5.41, 5.74) is 1.53. The molecular weight excluding hydrogens is 268 g/mol. The van der Waals surface area contributed by atoms with Crippen LogP contribution < -0.4 is 5.32 Å². The van der Waals surface area contributed by atoms with Crippen LogP contribution in [0, 0.1) is 0 Å². The third-order valence-electron chi connectivity index (χ3n) is 4.10. The molecule has 2 aromatic rings. The first-order valence-electron chi connectivity index (χ1n) is 7.61. The molecule has 0 aliphatic carbocycles. The number of hydrogen-bond acceptors (Lipinski definition) is 6. The number of aliphatic hydroxyl groups excluding tert-OH is 1. The Labute approximate surface area is 123 Å². The maximum atomic E-state index is 9.41. The highest BCUT2D eigenvalue weighted by Crippen LogP contribution is 2.17. The van der Waals surface area contributed by atoms with E-state index in [1.54, 1.807) is 6.33 Å². The number of hydrogen-bond donors (Lipinski definition) is 3. The Balaban J connectivity index is 1.49. The third-order valence-corrected chi connectivity index (χ3v) is 4.10. The van der Waals surface area contributed by atoms with Gasteiger partial charge < -0.3 is 15.4 Å². The molecule has 3 rings (SSSR count). The monoisotopic (exact) mass is 290 g/mol. The first-order chi connectivity index (χ1) is 10.4. The molecule has 21 heavy (non-hydrogen) atoms. The Bertz CT molecular complexity index is 571. The van der Waals surface area contributed by atoms with Gasteiger partial charge in [0.1, 0.15) is 11.8 Å². The third kappa shape index (κ3) is 3.30. The van der Waals surface area contributed by atoms with E-state index in [1.165, 1.54) is 19.2 Å². The predicted octanol–water partition coefficient (Wildman–Crippen LogP) is 1.00. The second kappa shape index (κ2) is 6.82. The van der Waals surface area contributed by atoms with E-state index >= 15 is 0 Å². The van der Waals surface area contributed by atoms with Gasteiger partial charge in [-0.25, -0.2) is 15.0 Å². The van der Waals surface area contributed by atoms with Crippen molar-refractivity contribution in [2.75, 3.05) is 31.6 Å². The summed E-state index contributed by atoms with van der Waals surface area (Å²) in [5, 5.41) is 12.7. The maximum absolute atomic E-state index is 9.41. The highest BCUT2D eigenvalue weighted by Gasteiger charge is 2.20. The van der Waals surface area contributed by atoms with E-state index in [9.17, 15) is 5.11 Å². The largest absolute Gasteiger partial charge is 0.395 e. The van der Waals surface area contributed by atoms with Gasteiger partial charge in [-0.1, -0.05) is 6.42 Å². The minimum absolute atomic E-state index is 0.272. The van der Waals surface area contributed by atoms with Gasteiger partial charge in [0.05, 0.1) is 12.9 Å². The normalized spacial score (nSPS) is 20.0. The molecule has 0 saturated carbocycles. The van der Waals surface area contributed by atoms with E-state index < -0.39 is 0 Å². The Morgan fingerprint density at radius 2 is 2.29 bits per heavy atom. The fourth-order valence-corrected chi connectivity index (χ4v) is 2.95. The molecule has 0 spiro atoms. The molecule has 1 fully saturated rings. The summed E-state index contributed by atoms with van der Waals surface area (Å²) in [7, 11) is 0. The molecule has 1 atom stereocenters. The van der Waals surface area contributed by atoms with Crippen LogP contribution in [0.5, 0.6) is 0 Å². The molecule has 0 amide bonds. The summed E-state index contributed by atoms with van der Waals surface area (Å²) in [6.45, 7) is 3.23. The van der Waals surface area contributed by atoms with Crippen LogP contribution in [0.2, 0.25) is 0 Å². The number of piperidine rings is 1. The quantitative estimate of drug-likeness (QED) is 0.688. The summed E-state index contributed by atoms with van der Waals surface area (Å²) >= 11 is 0. The van der Waals surface area contributed by atoms with Gasteiger partial charge in [0.15, 0.2) is 11.5 Å². The first kappa shape index (κ1) is 14.2. The van der Waals surface area contributed by atoms with Crippen molar-refractivity contribution >= 4 is 17.0 Å². The molecule has 0 unspecified atom stereocenters. The van der Waals surface area contributed by atoms with E-state index in [4.69, 9.17) is 0 Å². The average molecular weight is 290 g/mol. The van der Waals surface area contributed by atoms with Crippen molar-refractivity contribution in [3.8, 4) is 0 Å². The highest BCUT2D eigenvalue weighted by molar-refractivity contribution is 5.81. The van der Waals surface area contributed by atoms with Gasteiger partial charge in [-0.3, -0.25) is 4.90 Å². The number of imidazole rings is 1. The van der Waals surface area contributed by atoms with Crippen molar-refractivity contribution in [3.05, 3.63) is 12.7 Å². The fourth-order valence-electron chi connectivity index (χ4n) is 2.95. The van der Waals surface area contributed by atoms with E-state index in [0.29, 0.717) is 11.7 Å².